The van der Waals surface area contributed by atoms with Gasteiger partial charge in [0.1, 0.15) is 0 Å². The van der Waals surface area contributed by atoms with E-state index in [2.05, 4.69) is 60.2 Å². The van der Waals surface area contributed by atoms with E-state index < -0.39 is 0 Å². The maximum Gasteiger partial charge on any atom is 0.0452 e. The molecule has 0 radical (unpaired) electrons. The first kappa shape index (κ1) is 10.0. The first-order chi connectivity index (χ1) is 7.42. The molecule has 78 valence electrons. The van der Waals surface area contributed by atoms with Crippen LogP contribution < -0.4 is 0 Å². The van der Waals surface area contributed by atoms with Gasteiger partial charge < -0.3 is 4.57 Å². The van der Waals surface area contributed by atoms with Gasteiger partial charge in [-0.05, 0) is 37.1 Å². The fraction of sp³-hybridized carbons (Fsp3) is 0.286. The number of unbranched alkanes of at least 4 members (excludes halogenated alkanes) is 1. The molecule has 1 heterocycles. The van der Waals surface area contributed by atoms with E-state index in [4.69, 9.17) is 0 Å². The molecule has 2 rings (SSSR count). The minimum Gasteiger partial charge on any atom is -0.321 e. The molecule has 15 heavy (non-hydrogen) atoms. The highest BCUT2D eigenvalue weighted by molar-refractivity contribution is 5.34. The van der Waals surface area contributed by atoms with Crippen molar-refractivity contribution >= 4 is 0 Å². The molecule has 0 spiro atoms. The molecule has 0 saturated heterocycles. The Morgan fingerprint density at radius 3 is 2.53 bits per heavy atom. The van der Waals surface area contributed by atoms with Gasteiger partial charge in [-0.25, -0.2) is 0 Å². The summed E-state index contributed by atoms with van der Waals surface area (Å²) < 4.78 is 2.27. The molecule has 0 saturated carbocycles. The fourth-order valence-corrected chi connectivity index (χ4v) is 1.82. The maximum absolute atomic E-state index is 2.27. The lowest BCUT2D eigenvalue weighted by Crippen LogP contribution is -1.98. The Morgan fingerprint density at radius 1 is 1.00 bits per heavy atom. The first-order valence-corrected chi connectivity index (χ1v) is 5.63. The number of hydrogen-bond donors (Lipinski definition) is 0. The zero-order valence-electron chi connectivity index (χ0n) is 9.19. The standard InChI is InChI=1S/C14H17N/c1-2-3-8-13-11-7-12-15(13)14-9-5-4-6-10-14/h4-7,9-12H,2-3,8H2,1H3. The van der Waals surface area contributed by atoms with Gasteiger partial charge >= 0.3 is 0 Å². The predicted molar refractivity (Wildman–Crippen MR) is 64.4 cm³/mol. The summed E-state index contributed by atoms with van der Waals surface area (Å²) in [6.07, 6.45) is 5.82. The minimum atomic E-state index is 1.17. The molecular weight excluding hydrogens is 182 g/mol. The maximum atomic E-state index is 2.27. The highest BCUT2D eigenvalue weighted by Gasteiger charge is 2.01. The number of rotatable bonds is 4. The summed E-state index contributed by atoms with van der Waals surface area (Å²) in [5.41, 5.74) is 2.66. The second kappa shape index (κ2) is 4.83. The summed E-state index contributed by atoms with van der Waals surface area (Å²) in [6.45, 7) is 2.23. The SMILES string of the molecule is CCCCc1cccn1-c1ccccc1. The Morgan fingerprint density at radius 2 is 1.80 bits per heavy atom. The summed E-state index contributed by atoms with van der Waals surface area (Å²) in [4.78, 5) is 0. The van der Waals surface area contributed by atoms with Gasteiger partial charge in [-0.1, -0.05) is 31.5 Å². The molecule has 0 bridgehead atoms. The molecular formula is C14H17N. The summed E-state index contributed by atoms with van der Waals surface area (Å²) in [5.74, 6) is 0. The molecule has 0 aliphatic heterocycles. The lowest BCUT2D eigenvalue weighted by atomic mass is 10.2. The number of hydrogen-bond acceptors (Lipinski definition) is 0. The van der Waals surface area contributed by atoms with E-state index in [1.54, 1.807) is 0 Å². The van der Waals surface area contributed by atoms with Crippen LogP contribution in [0.3, 0.4) is 0 Å². The average Bonchev–Trinajstić information content (AvgIpc) is 2.75. The van der Waals surface area contributed by atoms with Gasteiger partial charge in [0, 0.05) is 17.6 Å². The van der Waals surface area contributed by atoms with E-state index in [0.717, 1.165) is 0 Å². The van der Waals surface area contributed by atoms with Gasteiger partial charge in [0.2, 0.25) is 0 Å². The van der Waals surface area contributed by atoms with Crippen molar-refractivity contribution < 1.29 is 0 Å². The Bertz CT molecular complexity index is 400. The summed E-state index contributed by atoms with van der Waals surface area (Å²) in [5, 5.41) is 0. The van der Waals surface area contributed by atoms with Crippen LogP contribution in [0.15, 0.2) is 48.7 Å². The highest BCUT2D eigenvalue weighted by Crippen LogP contribution is 2.14. The van der Waals surface area contributed by atoms with Crippen molar-refractivity contribution in [1.82, 2.24) is 4.57 Å². The molecule has 1 heteroatoms. The van der Waals surface area contributed by atoms with Crippen LogP contribution in [0.25, 0.3) is 5.69 Å². The van der Waals surface area contributed by atoms with Gasteiger partial charge in [-0.2, -0.15) is 0 Å². The smallest absolute Gasteiger partial charge is 0.0452 e. The molecule has 0 amide bonds. The molecule has 0 fully saturated rings. The monoisotopic (exact) mass is 199 g/mol. The largest absolute Gasteiger partial charge is 0.321 e. The van der Waals surface area contributed by atoms with Gasteiger partial charge in [0.15, 0.2) is 0 Å². The molecule has 1 aromatic carbocycles. The summed E-state index contributed by atoms with van der Waals surface area (Å²) >= 11 is 0. The molecule has 2 aromatic rings. The number of aryl methyl sites for hydroxylation is 1. The Kier molecular flexibility index (Phi) is 3.23. The third kappa shape index (κ3) is 2.30. The zero-order valence-corrected chi connectivity index (χ0v) is 9.19. The van der Waals surface area contributed by atoms with Crippen LogP contribution in [0.2, 0.25) is 0 Å². The molecule has 1 nitrogen and oxygen atoms in total. The van der Waals surface area contributed by atoms with E-state index in [-0.39, 0.29) is 0 Å². The van der Waals surface area contributed by atoms with Gasteiger partial charge in [0.05, 0.1) is 0 Å². The van der Waals surface area contributed by atoms with Crippen LogP contribution >= 0.6 is 0 Å². The molecule has 0 aliphatic carbocycles. The van der Waals surface area contributed by atoms with Crippen molar-refractivity contribution in [3.8, 4) is 5.69 Å². The topological polar surface area (TPSA) is 4.93 Å². The Hall–Kier alpha value is -1.50. The number of benzene rings is 1. The molecule has 0 atom stereocenters. The molecule has 0 N–H and O–H groups in total. The van der Waals surface area contributed by atoms with Crippen LogP contribution in [0.1, 0.15) is 25.5 Å². The Labute approximate surface area is 91.4 Å². The highest BCUT2D eigenvalue weighted by atomic mass is 15.0. The van der Waals surface area contributed by atoms with E-state index in [9.17, 15) is 0 Å². The van der Waals surface area contributed by atoms with Gasteiger partial charge in [-0.3, -0.25) is 0 Å². The zero-order chi connectivity index (χ0) is 10.5. The van der Waals surface area contributed by atoms with Crippen LogP contribution in [0.4, 0.5) is 0 Å². The van der Waals surface area contributed by atoms with Crippen molar-refractivity contribution in [2.75, 3.05) is 0 Å². The van der Waals surface area contributed by atoms with E-state index in [0.29, 0.717) is 0 Å². The van der Waals surface area contributed by atoms with Gasteiger partial charge in [0.25, 0.3) is 0 Å². The lowest BCUT2D eigenvalue weighted by Gasteiger charge is -2.08. The quantitative estimate of drug-likeness (QED) is 0.705. The normalized spacial score (nSPS) is 10.5. The average molecular weight is 199 g/mol. The molecule has 0 aliphatic rings. The van der Waals surface area contributed by atoms with Crippen molar-refractivity contribution in [3.63, 3.8) is 0 Å². The molecule has 1 aromatic heterocycles. The minimum absolute atomic E-state index is 1.17. The van der Waals surface area contributed by atoms with Crippen molar-refractivity contribution in [1.29, 1.82) is 0 Å². The van der Waals surface area contributed by atoms with E-state index in [1.807, 2.05) is 0 Å². The second-order valence-electron chi connectivity index (χ2n) is 3.81. The third-order valence-electron chi connectivity index (χ3n) is 2.65. The van der Waals surface area contributed by atoms with Crippen molar-refractivity contribution in [2.24, 2.45) is 0 Å². The van der Waals surface area contributed by atoms with Gasteiger partial charge in [-0.15, -0.1) is 0 Å². The summed E-state index contributed by atoms with van der Waals surface area (Å²) in [7, 11) is 0. The lowest BCUT2D eigenvalue weighted by molar-refractivity contribution is 0.760. The number of para-hydroxylation sites is 1. The summed E-state index contributed by atoms with van der Waals surface area (Å²) in [6, 6.07) is 14.8. The van der Waals surface area contributed by atoms with E-state index in [1.165, 1.54) is 30.6 Å². The molecule has 0 unspecified atom stereocenters. The van der Waals surface area contributed by atoms with E-state index >= 15 is 0 Å². The van der Waals surface area contributed by atoms with Crippen LogP contribution in [-0.4, -0.2) is 4.57 Å². The Balaban J connectivity index is 2.25. The second-order valence-corrected chi connectivity index (χ2v) is 3.81. The fourth-order valence-electron chi connectivity index (χ4n) is 1.82. The van der Waals surface area contributed by atoms with Crippen LogP contribution in [0.5, 0.6) is 0 Å². The third-order valence-corrected chi connectivity index (χ3v) is 2.65. The van der Waals surface area contributed by atoms with Crippen LogP contribution in [-0.2, 0) is 6.42 Å². The number of nitrogens with zero attached hydrogens (tertiary/aromatic N) is 1. The van der Waals surface area contributed by atoms with Crippen molar-refractivity contribution in [3.05, 3.63) is 54.4 Å². The first-order valence-electron chi connectivity index (χ1n) is 5.63. The number of aromatic nitrogens is 1. The van der Waals surface area contributed by atoms with Crippen molar-refractivity contribution in [2.45, 2.75) is 26.2 Å². The predicted octanol–water partition coefficient (Wildman–Crippen LogP) is 3.82. The van der Waals surface area contributed by atoms with Crippen LogP contribution in [0, 0.1) is 0 Å².